The molecule has 0 radical (unpaired) electrons. The van der Waals surface area contributed by atoms with Gasteiger partial charge in [0.25, 0.3) is 0 Å². The molecule has 0 spiro atoms. The molecule has 0 aliphatic heterocycles. The topological polar surface area (TPSA) is 72.2 Å². The molecule has 0 amide bonds. The molecular formula is C14H18N2O2S3. The highest BCUT2D eigenvalue weighted by Gasteiger charge is 2.11. The highest BCUT2D eigenvalue weighted by molar-refractivity contribution is 8.00. The lowest BCUT2D eigenvalue weighted by Gasteiger charge is -2.07. The van der Waals surface area contributed by atoms with Gasteiger partial charge in [-0.2, -0.15) is 11.3 Å². The van der Waals surface area contributed by atoms with Gasteiger partial charge in [-0.1, -0.05) is 12.1 Å². The summed E-state index contributed by atoms with van der Waals surface area (Å²) < 4.78 is 26.6. The van der Waals surface area contributed by atoms with Crippen molar-refractivity contribution < 1.29 is 8.42 Å². The van der Waals surface area contributed by atoms with Crippen molar-refractivity contribution in [3.63, 3.8) is 0 Å². The van der Waals surface area contributed by atoms with Gasteiger partial charge in [0.2, 0.25) is 10.0 Å². The Morgan fingerprint density at radius 3 is 2.71 bits per heavy atom. The molecule has 0 atom stereocenters. The molecule has 2 aromatic rings. The Labute approximate surface area is 133 Å². The van der Waals surface area contributed by atoms with Crippen LogP contribution in [0.2, 0.25) is 0 Å². The van der Waals surface area contributed by atoms with Crippen LogP contribution in [0.25, 0.3) is 0 Å². The molecule has 3 N–H and O–H groups in total. The highest BCUT2D eigenvalue weighted by Crippen LogP contribution is 2.24. The number of nitrogen functional groups attached to an aromatic ring is 1. The summed E-state index contributed by atoms with van der Waals surface area (Å²) in [6, 6.07) is 7.47. The zero-order valence-electron chi connectivity index (χ0n) is 11.7. The van der Waals surface area contributed by atoms with Crippen molar-refractivity contribution in [2.24, 2.45) is 0 Å². The normalized spacial score (nSPS) is 11.7. The first-order valence-electron chi connectivity index (χ1n) is 6.44. The van der Waals surface area contributed by atoms with E-state index in [9.17, 15) is 8.42 Å². The smallest absolute Gasteiger partial charge is 0.212 e. The number of thiophene rings is 1. The molecule has 0 saturated carbocycles. The van der Waals surface area contributed by atoms with Crippen molar-refractivity contribution in [1.82, 2.24) is 4.72 Å². The minimum absolute atomic E-state index is 0.0786. The lowest BCUT2D eigenvalue weighted by Crippen LogP contribution is -2.27. The highest BCUT2D eigenvalue weighted by atomic mass is 32.2. The zero-order valence-corrected chi connectivity index (χ0v) is 14.2. The second-order valence-electron chi connectivity index (χ2n) is 4.61. The maximum atomic E-state index is 12.0. The first-order chi connectivity index (χ1) is 9.98. The van der Waals surface area contributed by atoms with Gasteiger partial charge < -0.3 is 5.73 Å². The first kappa shape index (κ1) is 16.4. The Bertz CT molecular complexity index is 696. The summed E-state index contributed by atoms with van der Waals surface area (Å²) >= 11 is 3.04. The van der Waals surface area contributed by atoms with Crippen molar-refractivity contribution in [3.8, 4) is 0 Å². The maximum absolute atomic E-state index is 12.0. The molecule has 1 aromatic heterocycles. The third kappa shape index (κ3) is 5.03. The third-order valence-electron chi connectivity index (χ3n) is 2.97. The summed E-state index contributed by atoms with van der Waals surface area (Å²) in [5.74, 6) is 0.557. The van der Waals surface area contributed by atoms with Crippen LogP contribution in [0.15, 0.2) is 39.9 Å². The maximum Gasteiger partial charge on any atom is 0.212 e. The molecule has 7 heteroatoms. The van der Waals surface area contributed by atoms with Crippen molar-refractivity contribution in [2.45, 2.75) is 18.4 Å². The SMILES string of the molecule is Cc1cscc1CNS(=O)(=O)CCSc1ccccc1N. The summed E-state index contributed by atoms with van der Waals surface area (Å²) in [5, 5.41) is 3.98. The van der Waals surface area contributed by atoms with Gasteiger partial charge in [0.05, 0.1) is 5.75 Å². The van der Waals surface area contributed by atoms with E-state index in [1.54, 1.807) is 11.3 Å². The fraction of sp³-hybridized carbons (Fsp3) is 0.286. The predicted molar refractivity (Wildman–Crippen MR) is 91.3 cm³/mol. The summed E-state index contributed by atoms with van der Waals surface area (Å²) in [6.45, 7) is 2.34. The molecule has 1 aromatic carbocycles. The van der Waals surface area contributed by atoms with E-state index in [1.807, 2.05) is 41.9 Å². The molecule has 2 rings (SSSR count). The fourth-order valence-corrected chi connectivity index (χ4v) is 4.92. The number of rotatable bonds is 7. The molecule has 0 bridgehead atoms. The van der Waals surface area contributed by atoms with E-state index in [-0.39, 0.29) is 5.75 Å². The van der Waals surface area contributed by atoms with Crippen LogP contribution in [0.4, 0.5) is 5.69 Å². The minimum Gasteiger partial charge on any atom is -0.398 e. The summed E-state index contributed by atoms with van der Waals surface area (Å²) in [6.07, 6.45) is 0. The quantitative estimate of drug-likeness (QED) is 0.599. The number of nitrogens with one attached hydrogen (secondary N) is 1. The van der Waals surface area contributed by atoms with Crippen LogP contribution in [0, 0.1) is 6.92 Å². The number of hydrogen-bond donors (Lipinski definition) is 2. The number of nitrogens with two attached hydrogens (primary N) is 1. The Hall–Kier alpha value is -1.02. The molecule has 21 heavy (non-hydrogen) atoms. The Balaban J connectivity index is 1.82. The molecule has 114 valence electrons. The largest absolute Gasteiger partial charge is 0.398 e. The van der Waals surface area contributed by atoms with E-state index in [0.717, 1.165) is 16.0 Å². The lowest BCUT2D eigenvalue weighted by atomic mass is 10.2. The average molecular weight is 343 g/mol. The van der Waals surface area contributed by atoms with Gasteiger partial charge in [0.1, 0.15) is 0 Å². The van der Waals surface area contributed by atoms with Gasteiger partial charge >= 0.3 is 0 Å². The van der Waals surface area contributed by atoms with E-state index < -0.39 is 10.0 Å². The molecule has 0 unspecified atom stereocenters. The Kier molecular flexibility index (Phi) is 5.69. The van der Waals surface area contributed by atoms with E-state index in [4.69, 9.17) is 5.73 Å². The summed E-state index contributed by atoms with van der Waals surface area (Å²) in [7, 11) is -3.26. The van der Waals surface area contributed by atoms with Gasteiger partial charge in [-0.3, -0.25) is 0 Å². The van der Waals surface area contributed by atoms with Gasteiger partial charge in [-0.25, -0.2) is 13.1 Å². The molecule has 0 saturated heterocycles. The van der Waals surface area contributed by atoms with Gasteiger partial charge in [0.15, 0.2) is 0 Å². The Morgan fingerprint density at radius 2 is 2.05 bits per heavy atom. The van der Waals surface area contributed by atoms with Gasteiger partial charge in [-0.15, -0.1) is 11.8 Å². The number of anilines is 1. The Morgan fingerprint density at radius 1 is 1.29 bits per heavy atom. The number of aryl methyl sites for hydroxylation is 1. The van der Waals surface area contributed by atoms with Crippen LogP contribution < -0.4 is 10.5 Å². The lowest BCUT2D eigenvalue weighted by molar-refractivity contribution is 0.583. The minimum atomic E-state index is -3.26. The fourth-order valence-electron chi connectivity index (χ4n) is 1.70. The van der Waals surface area contributed by atoms with Crippen molar-refractivity contribution in [2.75, 3.05) is 17.2 Å². The molecule has 0 aliphatic rings. The van der Waals surface area contributed by atoms with Crippen molar-refractivity contribution in [1.29, 1.82) is 0 Å². The average Bonchev–Trinajstić information content (AvgIpc) is 2.84. The summed E-state index contributed by atoms with van der Waals surface area (Å²) in [5.41, 5.74) is 8.66. The molecule has 1 heterocycles. The second kappa shape index (κ2) is 7.31. The van der Waals surface area contributed by atoms with Crippen molar-refractivity contribution in [3.05, 3.63) is 46.2 Å². The zero-order chi connectivity index (χ0) is 15.3. The van der Waals surface area contributed by atoms with Crippen LogP contribution in [0.3, 0.4) is 0 Å². The monoisotopic (exact) mass is 342 g/mol. The van der Waals surface area contributed by atoms with Crippen LogP contribution >= 0.6 is 23.1 Å². The van der Waals surface area contributed by atoms with Crippen molar-refractivity contribution >= 4 is 38.8 Å². The van der Waals surface area contributed by atoms with E-state index in [0.29, 0.717) is 18.0 Å². The molecule has 0 aliphatic carbocycles. The van der Waals surface area contributed by atoms with Gasteiger partial charge in [0, 0.05) is 22.9 Å². The molecule has 4 nitrogen and oxygen atoms in total. The molecular weight excluding hydrogens is 324 g/mol. The second-order valence-corrected chi connectivity index (χ2v) is 8.41. The predicted octanol–water partition coefficient (Wildman–Crippen LogP) is 2.85. The number of para-hydroxylation sites is 1. The summed E-state index contributed by atoms with van der Waals surface area (Å²) in [4.78, 5) is 0.918. The van der Waals surface area contributed by atoms with Crippen LogP contribution in [-0.4, -0.2) is 19.9 Å². The van der Waals surface area contributed by atoms with Crippen LogP contribution in [-0.2, 0) is 16.6 Å². The van der Waals surface area contributed by atoms with E-state index in [1.165, 1.54) is 11.8 Å². The molecule has 0 fully saturated rings. The number of thioether (sulfide) groups is 1. The van der Waals surface area contributed by atoms with Crippen LogP contribution in [0.5, 0.6) is 0 Å². The van der Waals surface area contributed by atoms with Gasteiger partial charge in [-0.05, 0) is 40.9 Å². The standard InChI is InChI=1S/C14H18N2O2S3/c1-11-9-19-10-12(11)8-16-21(17,18)7-6-20-14-5-3-2-4-13(14)15/h2-5,9-10,16H,6-8,15H2,1H3. The number of sulfonamides is 1. The van der Waals surface area contributed by atoms with Crippen LogP contribution in [0.1, 0.15) is 11.1 Å². The third-order valence-corrected chi connectivity index (χ3v) is 6.56. The van der Waals surface area contributed by atoms with E-state index in [2.05, 4.69) is 4.72 Å². The number of hydrogen-bond acceptors (Lipinski definition) is 5. The number of benzene rings is 1. The first-order valence-corrected chi connectivity index (χ1v) is 10.0. The van der Waals surface area contributed by atoms with E-state index >= 15 is 0 Å².